The summed E-state index contributed by atoms with van der Waals surface area (Å²) < 4.78 is 0. The Balaban J connectivity index is 1.97. The normalized spacial score (nSPS) is 11.0. The van der Waals surface area contributed by atoms with Crippen molar-refractivity contribution in [2.75, 3.05) is 10.8 Å². The molecular weight excluding hydrogens is 378 g/mol. The molecule has 3 aromatic rings. The molecule has 0 radical (unpaired) electrons. The van der Waals surface area contributed by atoms with Crippen molar-refractivity contribution < 1.29 is 5.11 Å². The maximum atomic E-state index is 10.1. The number of thioether (sulfide) groups is 2. The molecule has 0 bridgehead atoms. The van der Waals surface area contributed by atoms with Gasteiger partial charge in [-0.25, -0.2) is 4.98 Å². The second-order valence-corrected chi connectivity index (χ2v) is 9.25. The first-order chi connectivity index (χ1) is 12.8. The highest BCUT2D eigenvalue weighted by molar-refractivity contribution is 8.15. The standard InChI is InChI=1S/C21H23NOS3/c1-2-3-11-24-15-26-21-18(14-23)17(16-8-5-4-6-9-16)13-19(22-21)20-10-7-12-25-20/h4-10,12-13,23H,2-3,11,14-15H2,1H3. The molecule has 0 saturated carbocycles. The summed E-state index contributed by atoms with van der Waals surface area (Å²) in [5.41, 5.74) is 4.11. The molecule has 0 aliphatic rings. The number of thiophene rings is 1. The van der Waals surface area contributed by atoms with Crippen LogP contribution in [0.15, 0.2) is 58.9 Å². The summed E-state index contributed by atoms with van der Waals surface area (Å²) in [5.74, 6) is 1.17. The van der Waals surface area contributed by atoms with Crippen molar-refractivity contribution in [2.45, 2.75) is 31.4 Å². The summed E-state index contributed by atoms with van der Waals surface area (Å²) in [6.45, 7) is 2.22. The van der Waals surface area contributed by atoms with Crippen LogP contribution in [0.4, 0.5) is 0 Å². The average Bonchev–Trinajstić information content (AvgIpc) is 3.22. The van der Waals surface area contributed by atoms with Crippen molar-refractivity contribution in [2.24, 2.45) is 0 Å². The number of nitrogens with zero attached hydrogens (tertiary/aromatic N) is 1. The van der Waals surface area contributed by atoms with Gasteiger partial charge in [0.25, 0.3) is 0 Å². The molecule has 2 aromatic heterocycles. The largest absolute Gasteiger partial charge is 0.392 e. The highest BCUT2D eigenvalue weighted by Crippen LogP contribution is 2.36. The zero-order valence-electron chi connectivity index (χ0n) is 14.9. The van der Waals surface area contributed by atoms with Gasteiger partial charge in [-0.15, -0.1) is 11.3 Å². The molecule has 1 aromatic carbocycles. The van der Waals surface area contributed by atoms with Crippen molar-refractivity contribution in [3.8, 4) is 21.7 Å². The zero-order valence-corrected chi connectivity index (χ0v) is 17.3. The van der Waals surface area contributed by atoms with E-state index in [4.69, 9.17) is 4.98 Å². The van der Waals surface area contributed by atoms with Gasteiger partial charge in [0.2, 0.25) is 0 Å². The number of hydrogen-bond donors (Lipinski definition) is 1. The van der Waals surface area contributed by atoms with Crippen molar-refractivity contribution in [3.63, 3.8) is 0 Å². The molecule has 2 heterocycles. The number of unbranched alkanes of at least 4 members (excludes halogenated alkanes) is 1. The smallest absolute Gasteiger partial charge is 0.104 e. The highest BCUT2D eigenvalue weighted by Gasteiger charge is 2.15. The Morgan fingerprint density at radius 3 is 2.65 bits per heavy atom. The van der Waals surface area contributed by atoms with Crippen LogP contribution in [0.5, 0.6) is 0 Å². The molecule has 3 rings (SSSR count). The molecule has 0 atom stereocenters. The zero-order chi connectivity index (χ0) is 18.2. The van der Waals surface area contributed by atoms with Crippen LogP contribution in [0.2, 0.25) is 0 Å². The Kier molecular flexibility index (Phi) is 7.62. The van der Waals surface area contributed by atoms with Crippen LogP contribution in [-0.4, -0.2) is 20.9 Å². The van der Waals surface area contributed by atoms with Crippen LogP contribution < -0.4 is 0 Å². The lowest BCUT2D eigenvalue weighted by atomic mass is 10.0. The quantitative estimate of drug-likeness (QED) is 0.250. The number of aliphatic hydroxyl groups excluding tert-OH is 1. The maximum absolute atomic E-state index is 10.1. The molecule has 0 unspecified atom stereocenters. The Morgan fingerprint density at radius 2 is 1.96 bits per heavy atom. The molecule has 5 heteroatoms. The van der Waals surface area contributed by atoms with E-state index < -0.39 is 0 Å². The predicted molar refractivity (Wildman–Crippen MR) is 117 cm³/mol. The minimum Gasteiger partial charge on any atom is -0.392 e. The predicted octanol–water partition coefficient (Wildman–Crippen LogP) is 6.55. The van der Waals surface area contributed by atoms with Crippen molar-refractivity contribution in [1.29, 1.82) is 0 Å². The lowest BCUT2D eigenvalue weighted by molar-refractivity contribution is 0.278. The van der Waals surface area contributed by atoms with E-state index in [1.165, 1.54) is 18.6 Å². The number of aliphatic hydroxyl groups is 1. The van der Waals surface area contributed by atoms with E-state index in [0.29, 0.717) is 0 Å². The molecule has 2 nitrogen and oxygen atoms in total. The highest BCUT2D eigenvalue weighted by atomic mass is 32.2. The second kappa shape index (κ2) is 10.2. The molecule has 136 valence electrons. The molecule has 0 spiro atoms. The van der Waals surface area contributed by atoms with Crippen LogP contribution in [0.25, 0.3) is 21.7 Å². The lowest BCUT2D eigenvalue weighted by Gasteiger charge is -2.14. The number of hydrogen-bond acceptors (Lipinski definition) is 5. The second-order valence-electron chi connectivity index (χ2n) is 5.86. The number of benzene rings is 1. The summed E-state index contributed by atoms with van der Waals surface area (Å²) in [7, 11) is 0. The summed E-state index contributed by atoms with van der Waals surface area (Å²) in [6, 6.07) is 16.5. The first kappa shape index (κ1) is 19.5. The fourth-order valence-electron chi connectivity index (χ4n) is 2.65. The molecule has 0 amide bonds. The summed E-state index contributed by atoms with van der Waals surface area (Å²) in [4.78, 5) is 6.05. The van der Waals surface area contributed by atoms with Gasteiger partial charge in [0, 0.05) is 10.6 Å². The maximum Gasteiger partial charge on any atom is 0.104 e. The third-order valence-electron chi connectivity index (χ3n) is 4.02. The van der Waals surface area contributed by atoms with Gasteiger partial charge in [-0.2, -0.15) is 11.8 Å². The van der Waals surface area contributed by atoms with Gasteiger partial charge in [-0.3, -0.25) is 0 Å². The number of pyridine rings is 1. The van der Waals surface area contributed by atoms with E-state index in [1.54, 1.807) is 23.1 Å². The lowest BCUT2D eigenvalue weighted by Crippen LogP contribution is -1.98. The van der Waals surface area contributed by atoms with Crippen molar-refractivity contribution in [3.05, 3.63) is 59.5 Å². The van der Waals surface area contributed by atoms with E-state index >= 15 is 0 Å². The molecular formula is C21H23NOS3. The van der Waals surface area contributed by atoms with Gasteiger partial charge in [0.1, 0.15) is 5.03 Å². The van der Waals surface area contributed by atoms with Crippen molar-refractivity contribution >= 4 is 34.9 Å². The Labute approximate surface area is 168 Å². The molecule has 0 aliphatic heterocycles. The van der Waals surface area contributed by atoms with E-state index in [2.05, 4.69) is 42.6 Å². The Morgan fingerprint density at radius 1 is 1.12 bits per heavy atom. The van der Waals surface area contributed by atoms with E-state index in [9.17, 15) is 5.11 Å². The Bertz CT molecular complexity index is 804. The topological polar surface area (TPSA) is 33.1 Å². The average molecular weight is 402 g/mol. The third-order valence-corrected chi connectivity index (χ3v) is 7.24. The van der Waals surface area contributed by atoms with Crippen LogP contribution in [-0.2, 0) is 6.61 Å². The first-order valence-electron chi connectivity index (χ1n) is 8.78. The summed E-state index contributed by atoms with van der Waals surface area (Å²) >= 11 is 5.38. The molecule has 26 heavy (non-hydrogen) atoms. The molecule has 0 aliphatic carbocycles. The monoisotopic (exact) mass is 401 g/mol. The van der Waals surface area contributed by atoms with Crippen LogP contribution in [0.3, 0.4) is 0 Å². The van der Waals surface area contributed by atoms with Crippen LogP contribution in [0, 0.1) is 0 Å². The van der Waals surface area contributed by atoms with Gasteiger partial charge >= 0.3 is 0 Å². The van der Waals surface area contributed by atoms with Crippen molar-refractivity contribution in [1.82, 2.24) is 4.98 Å². The fourth-order valence-corrected chi connectivity index (χ4v) is 5.59. The Hall–Kier alpha value is -1.27. The third kappa shape index (κ3) is 4.92. The van der Waals surface area contributed by atoms with E-state index in [-0.39, 0.29) is 6.61 Å². The summed E-state index contributed by atoms with van der Waals surface area (Å²) in [6.07, 6.45) is 2.47. The van der Waals surface area contributed by atoms with E-state index in [0.717, 1.165) is 37.4 Å². The van der Waals surface area contributed by atoms with Gasteiger partial charge < -0.3 is 5.11 Å². The number of aromatic nitrogens is 1. The molecule has 0 saturated heterocycles. The fraction of sp³-hybridized carbons (Fsp3) is 0.286. The molecule has 0 fully saturated rings. The SMILES string of the molecule is CCCCSCSc1nc(-c2cccs2)cc(-c2ccccc2)c1CO. The van der Waals surface area contributed by atoms with Gasteiger partial charge in [-0.1, -0.05) is 61.5 Å². The van der Waals surface area contributed by atoms with Crippen LogP contribution in [0.1, 0.15) is 25.3 Å². The minimum atomic E-state index is 0.00388. The van der Waals surface area contributed by atoms with E-state index in [1.807, 2.05) is 30.0 Å². The van der Waals surface area contributed by atoms with Gasteiger partial charge in [-0.05, 0) is 40.8 Å². The first-order valence-corrected chi connectivity index (χ1v) is 11.8. The van der Waals surface area contributed by atoms with Gasteiger partial charge in [0.05, 0.1) is 17.2 Å². The minimum absolute atomic E-state index is 0.00388. The summed E-state index contributed by atoms with van der Waals surface area (Å²) in [5, 5.41) is 14.0. The molecule has 1 N–H and O–H groups in total. The van der Waals surface area contributed by atoms with Gasteiger partial charge in [0.15, 0.2) is 0 Å². The number of rotatable bonds is 9. The van der Waals surface area contributed by atoms with Crippen LogP contribution >= 0.6 is 34.9 Å².